The number of hydrogen-bond acceptors (Lipinski definition) is 3. The van der Waals surface area contributed by atoms with Gasteiger partial charge in [-0.3, -0.25) is 0 Å². The summed E-state index contributed by atoms with van der Waals surface area (Å²) in [4.78, 5) is 0. The Bertz CT molecular complexity index is 258. The zero-order valence-electron chi connectivity index (χ0n) is 8.53. The summed E-state index contributed by atoms with van der Waals surface area (Å²) in [6.07, 6.45) is 5.52. The summed E-state index contributed by atoms with van der Waals surface area (Å²) in [5.74, 6) is 0. The molecule has 1 N–H and O–H groups in total. The second kappa shape index (κ2) is 5.19. The average Bonchev–Trinajstić information content (AvgIpc) is 2.71. The van der Waals surface area contributed by atoms with Gasteiger partial charge in [-0.05, 0) is 31.3 Å². The molecule has 1 aromatic heterocycles. The van der Waals surface area contributed by atoms with Crippen molar-refractivity contribution in [2.24, 2.45) is 0 Å². The maximum absolute atomic E-state index is 3.45. The van der Waals surface area contributed by atoms with Gasteiger partial charge >= 0.3 is 0 Å². The molecule has 0 aromatic carbocycles. The summed E-state index contributed by atoms with van der Waals surface area (Å²) >= 11 is 3.92. The normalized spacial score (nSPS) is 27.8. The topological polar surface area (TPSA) is 12.0 Å². The Morgan fingerprint density at radius 1 is 1.43 bits per heavy atom. The van der Waals surface area contributed by atoms with E-state index >= 15 is 0 Å². The summed E-state index contributed by atoms with van der Waals surface area (Å²) < 4.78 is 1.47. The highest BCUT2D eigenvalue weighted by molar-refractivity contribution is 8.01. The van der Waals surface area contributed by atoms with Gasteiger partial charge in [-0.1, -0.05) is 18.9 Å². The van der Waals surface area contributed by atoms with Crippen molar-refractivity contribution in [2.75, 3.05) is 7.05 Å². The molecule has 0 spiro atoms. The van der Waals surface area contributed by atoms with E-state index in [0.717, 1.165) is 11.3 Å². The van der Waals surface area contributed by atoms with Gasteiger partial charge < -0.3 is 5.32 Å². The van der Waals surface area contributed by atoms with Crippen LogP contribution in [0.5, 0.6) is 0 Å². The van der Waals surface area contributed by atoms with Gasteiger partial charge in [-0.15, -0.1) is 23.1 Å². The largest absolute Gasteiger partial charge is 0.316 e. The van der Waals surface area contributed by atoms with Crippen LogP contribution in [0.3, 0.4) is 0 Å². The van der Waals surface area contributed by atoms with Crippen LogP contribution >= 0.6 is 23.1 Å². The molecule has 0 radical (unpaired) electrons. The van der Waals surface area contributed by atoms with E-state index in [9.17, 15) is 0 Å². The van der Waals surface area contributed by atoms with Crippen LogP contribution in [0.2, 0.25) is 0 Å². The zero-order valence-corrected chi connectivity index (χ0v) is 10.2. The first-order valence-electron chi connectivity index (χ1n) is 5.27. The van der Waals surface area contributed by atoms with E-state index in [-0.39, 0.29) is 0 Å². The fraction of sp³-hybridized carbons (Fsp3) is 0.636. The van der Waals surface area contributed by atoms with Gasteiger partial charge in [-0.25, -0.2) is 0 Å². The molecule has 78 valence electrons. The van der Waals surface area contributed by atoms with E-state index in [4.69, 9.17) is 0 Å². The lowest BCUT2D eigenvalue weighted by atomic mass is 9.95. The molecule has 1 aliphatic rings. The number of nitrogens with one attached hydrogen (secondary N) is 1. The Morgan fingerprint density at radius 3 is 3.00 bits per heavy atom. The molecular weight excluding hydrogens is 210 g/mol. The van der Waals surface area contributed by atoms with Crippen molar-refractivity contribution in [3.05, 3.63) is 17.5 Å². The van der Waals surface area contributed by atoms with Gasteiger partial charge in [-0.2, -0.15) is 0 Å². The van der Waals surface area contributed by atoms with Crippen LogP contribution in [0.15, 0.2) is 21.7 Å². The third-order valence-electron chi connectivity index (χ3n) is 2.84. The Balaban J connectivity index is 1.94. The van der Waals surface area contributed by atoms with Crippen LogP contribution in [-0.2, 0) is 0 Å². The Labute approximate surface area is 94.3 Å². The van der Waals surface area contributed by atoms with E-state index < -0.39 is 0 Å². The van der Waals surface area contributed by atoms with Gasteiger partial charge in [0.15, 0.2) is 0 Å². The molecule has 0 amide bonds. The molecule has 2 unspecified atom stereocenters. The predicted octanol–water partition coefficient (Wildman–Crippen LogP) is 3.37. The van der Waals surface area contributed by atoms with Crippen molar-refractivity contribution in [3.63, 3.8) is 0 Å². The highest BCUT2D eigenvalue weighted by atomic mass is 32.2. The summed E-state index contributed by atoms with van der Waals surface area (Å²) in [5, 5.41) is 6.40. The van der Waals surface area contributed by atoms with E-state index in [1.165, 1.54) is 29.9 Å². The second-order valence-electron chi connectivity index (χ2n) is 3.77. The predicted molar refractivity (Wildman–Crippen MR) is 65.3 cm³/mol. The molecule has 0 bridgehead atoms. The Kier molecular flexibility index (Phi) is 3.90. The van der Waals surface area contributed by atoms with Gasteiger partial charge in [0.2, 0.25) is 0 Å². The minimum Gasteiger partial charge on any atom is -0.316 e. The summed E-state index contributed by atoms with van der Waals surface area (Å²) in [6.45, 7) is 0. The Morgan fingerprint density at radius 2 is 2.29 bits per heavy atom. The summed E-state index contributed by atoms with van der Waals surface area (Å²) in [7, 11) is 2.10. The molecule has 14 heavy (non-hydrogen) atoms. The van der Waals surface area contributed by atoms with E-state index in [0.29, 0.717) is 0 Å². The van der Waals surface area contributed by atoms with Crippen LogP contribution in [0, 0.1) is 0 Å². The molecule has 3 heteroatoms. The van der Waals surface area contributed by atoms with Gasteiger partial charge in [0, 0.05) is 11.3 Å². The molecule has 1 nitrogen and oxygen atoms in total. The number of hydrogen-bond donors (Lipinski definition) is 1. The molecule has 2 rings (SSSR count). The van der Waals surface area contributed by atoms with Crippen LogP contribution in [0.1, 0.15) is 25.7 Å². The zero-order chi connectivity index (χ0) is 9.80. The lowest BCUT2D eigenvalue weighted by Gasteiger charge is -2.30. The van der Waals surface area contributed by atoms with Crippen molar-refractivity contribution in [1.82, 2.24) is 5.32 Å². The van der Waals surface area contributed by atoms with Crippen molar-refractivity contribution in [3.8, 4) is 0 Å². The summed E-state index contributed by atoms with van der Waals surface area (Å²) in [5.41, 5.74) is 0. The number of thiophene rings is 1. The molecular formula is C11H17NS2. The van der Waals surface area contributed by atoms with Crippen LogP contribution in [0.4, 0.5) is 0 Å². The number of thioether (sulfide) groups is 1. The van der Waals surface area contributed by atoms with Crippen LogP contribution in [-0.4, -0.2) is 18.3 Å². The van der Waals surface area contributed by atoms with Crippen LogP contribution < -0.4 is 5.32 Å². The first kappa shape index (κ1) is 10.5. The standard InChI is InChI=1S/C11H17NS2/c1-12-9-5-2-3-6-10(9)14-11-7-4-8-13-11/h4,7-10,12H,2-3,5-6H2,1H3. The van der Waals surface area contributed by atoms with Gasteiger partial charge in [0.1, 0.15) is 0 Å². The molecule has 2 atom stereocenters. The monoisotopic (exact) mass is 227 g/mol. The van der Waals surface area contributed by atoms with E-state index in [1.807, 2.05) is 11.3 Å². The second-order valence-corrected chi connectivity index (χ2v) is 6.26. The molecule has 0 aliphatic heterocycles. The SMILES string of the molecule is CNC1CCCCC1Sc1cccs1. The third kappa shape index (κ3) is 2.53. The quantitative estimate of drug-likeness (QED) is 0.849. The molecule has 1 heterocycles. The minimum absolute atomic E-state index is 0.718. The maximum Gasteiger partial charge on any atom is 0.0601 e. The summed E-state index contributed by atoms with van der Waals surface area (Å²) in [6, 6.07) is 5.09. The number of rotatable bonds is 3. The molecule has 1 aliphatic carbocycles. The van der Waals surface area contributed by atoms with Crippen molar-refractivity contribution in [2.45, 2.75) is 41.2 Å². The smallest absolute Gasteiger partial charge is 0.0601 e. The van der Waals surface area contributed by atoms with Crippen molar-refractivity contribution in [1.29, 1.82) is 0 Å². The van der Waals surface area contributed by atoms with Crippen LogP contribution in [0.25, 0.3) is 0 Å². The van der Waals surface area contributed by atoms with E-state index in [2.05, 4.69) is 41.6 Å². The van der Waals surface area contributed by atoms with Crippen molar-refractivity contribution < 1.29 is 0 Å². The minimum atomic E-state index is 0.718. The molecule has 0 saturated heterocycles. The average molecular weight is 227 g/mol. The first-order chi connectivity index (χ1) is 6.90. The fourth-order valence-electron chi connectivity index (χ4n) is 2.05. The van der Waals surface area contributed by atoms with Crippen molar-refractivity contribution >= 4 is 23.1 Å². The molecule has 1 fully saturated rings. The Hall–Kier alpha value is 0.01000. The lowest BCUT2D eigenvalue weighted by molar-refractivity contribution is 0.405. The van der Waals surface area contributed by atoms with Gasteiger partial charge in [0.25, 0.3) is 0 Å². The maximum atomic E-state index is 3.45. The highest BCUT2D eigenvalue weighted by Gasteiger charge is 2.24. The lowest BCUT2D eigenvalue weighted by Crippen LogP contribution is -2.37. The fourth-order valence-corrected chi connectivity index (χ4v) is 4.43. The molecule has 1 saturated carbocycles. The first-order valence-corrected chi connectivity index (χ1v) is 7.03. The highest BCUT2D eigenvalue weighted by Crippen LogP contribution is 2.35. The van der Waals surface area contributed by atoms with Gasteiger partial charge in [0.05, 0.1) is 4.21 Å². The third-order valence-corrected chi connectivity index (χ3v) is 5.31. The molecule has 1 aromatic rings. The van der Waals surface area contributed by atoms with E-state index in [1.54, 1.807) is 0 Å².